The fraction of sp³-hybridized carbons (Fsp3) is 0.517. The van der Waals surface area contributed by atoms with Crippen molar-refractivity contribution in [1.82, 2.24) is 45.8 Å². The fourth-order valence-corrected chi connectivity index (χ4v) is 14.2. The smallest absolute Gasteiger partial charge is 0.370 e. The lowest BCUT2D eigenvalue weighted by molar-refractivity contribution is -0.144. The fourth-order valence-electron chi connectivity index (χ4n) is 12.8. The summed E-state index contributed by atoms with van der Waals surface area (Å²) in [6.07, 6.45) is -2.56. The monoisotopic (exact) mass is 1280 g/mol. The van der Waals surface area contributed by atoms with E-state index in [4.69, 9.17) is 5.73 Å². The van der Waals surface area contributed by atoms with Crippen LogP contribution in [0.2, 0.25) is 0 Å². The number of halogens is 4. The maximum Gasteiger partial charge on any atom is 0.399 e. The molecule has 1 aromatic heterocycles. The summed E-state index contributed by atoms with van der Waals surface area (Å²) in [7, 11) is -5.94. The first-order valence-electron chi connectivity index (χ1n) is 29.7. The van der Waals surface area contributed by atoms with Crippen molar-refractivity contribution in [1.29, 1.82) is 0 Å². The highest BCUT2D eigenvalue weighted by molar-refractivity contribution is 7.52. The predicted molar refractivity (Wildman–Crippen MR) is 318 cm³/mol. The second-order valence-electron chi connectivity index (χ2n) is 24.8. The van der Waals surface area contributed by atoms with E-state index in [1.54, 1.807) is 11.0 Å². The third-order valence-corrected chi connectivity index (χ3v) is 19.9. The van der Waals surface area contributed by atoms with Crippen LogP contribution in [0.1, 0.15) is 108 Å². The van der Waals surface area contributed by atoms with Gasteiger partial charge in [0.15, 0.2) is 0 Å². The number of imide groups is 1. The van der Waals surface area contributed by atoms with Crippen molar-refractivity contribution in [2.24, 2.45) is 5.73 Å². The molecule has 29 heteroatoms. The van der Waals surface area contributed by atoms with Crippen LogP contribution in [0.25, 0.3) is 10.1 Å². The number of hydrogen-bond acceptors (Lipinski definition) is 14. The maximum atomic E-state index is 14.8. The Morgan fingerprint density at radius 3 is 2.19 bits per heavy atom. The van der Waals surface area contributed by atoms with Gasteiger partial charge in [-0.3, -0.25) is 62.8 Å². The van der Waals surface area contributed by atoms with Crippen molar-refractivity contribution in [3.05, 3.63) is 99.4 Å². The zero-order valence-corrected chi connectivity index (χ0v) is 51.0. The number of piperidine rings is 1. The molecule has 0 spiro atoms. The number of primary amides is 1. The lowest BCUT2D eigenvalue weighted by Crippen LogP contribution is -2.65. The number of hydrogen-bond donors (Lipinski definition) is 7. The molecule has 0 saturated carbocycles. The van der Waals surface area contributed by atoms with E-state index in [0.29, 0.717) is 44.8 Å². The molecule has 0 radical (unpaired) electrons. The van der Waals surface area contributed by atoms with Gasteiger partial charge in [-0.25, -0.2) is 8.78 Å². The standard InChI is InChI=1S/C60H72F4N11O12PS/c1-59(2,3)36-6-4-33(5-7-36)24-43(57(83)72-22-20-71(21-23-72)40-29-73(30-40)39-9-11-41-35(26-39)28-74(56(41)82)45-14-17-51(77)69-53(45)79)67-52(78)42(12-16-50(65)76)66-54(80)46-13-10-38-18-19-70(32-49(61)62)31-44(58(84)75(38)46)68-55(81)48-27-34-25-37(8-15-47(34)89-48)60(63,64)88(85,86)87/h4-9,11,15,25-27,38,40,42-46,49H,10,12-14,16-24,28-32H2,1-3H3,(H2,65,76)(H,66,80)(H,67,78)(H,68,81)(H,69,77,79)(H2,85,86,87)/t38-,42?,43?,44+,45?,46+/m1/s1. The summed E-state index contributed by atoms with van der Waals surface area (Å²) in [6.45, 7) is 8.36. The summed E-state index contributed by atoms with van der Waals surface area (Å²) in [5.74, 6) is -5.57. The Morgan fingerprint density at radius 2 is 1.53 bits per heavy atom. The molecule has 8 N–H and O–H groups in total. The van der Waals surface area contributed by atoms with Crippen LogP contribution < -0.4 is 31.9 Å². The van der Waals surface area contributed by atoms with Crippen molar-refractivity contribution in [2.45, 2.75) is 138 Å². The number of carbonyl (C=O) groups excluding carboxylic acids is 9. The van der Waals surface area contributed by atoms with Crippen LogP contribution in [0.3, 0.4) is 0 Å². The third-order valence-electron chi connectivity index (χ3n) is 17.8. The number of fused-ring (bicyclic) bond motifs is 3. The van der Waals surface area contributed by atoms with Crippen LogP contribution in [-0.4, -0.2) is 195 Å². The summed E-state index contributed by atoms with van der Waals surface area (Å²) in [6, 6.07) is 10.6. The summed E-state index contributed by atoms with van der Waals surface area (Å²) in [5, 5.41) is 10.6. The van der Waals surface area contributed by atoms with E-state index in [1.807, 2.05) is 36.4 Å². The van der Waals surface area contributed by atoms with Crippen molar-refractivity contribution in [2.75, 3.05) is 63.8 Å². The molecule has 3 aromatic carbocycles. The highest BCUT2D eigenvalue weighted by atomic mass is 32.1. The van der Waals surface area contributed by atoms with E-state index in [1.165, 1.54) is 20.8 Å². The molecule has 3 unspecified atom stereocenters. The number of thiophene rings is 1. The Morgan fingerprint density at radius 1 is 0.820 bits per heavy atom. The number of alkyl halides is 4. The van der Waals surface area contributed by atoms with E-state index >= 15 is 0 Å². The van der Waals surface area contributed by atoms with Gasteiger partial charge >= 0.3 is 13.3 Å². The number of amides is 9. The summed E-state index contributed by atoms with van der Waals surface area (Å²) in [5.41, 5.74) is 3.87. The largest absolute Gasteiger partial charge is 0.399 e. The number of nitrogens with one attached hydrogen (secondary N) is 4. The van der Waals surface area contributed by atoms with Gasteiger partial charge in [0.2, 0.25) is 41.4 Å². The number of rotatable bonds is 19. The summed E-state index contributed by atoms with van der Waals surface area (Å²) >= 11 is 0.816. The molecule has 6 atom stereocenters. The van der Waals surface area contributed by atoms with Crippen LogP contribution in [0.5, 0.6) is 0 Å². The van der Waals surface area contributed by atoms with Crippen LogP contribution >= 0.6 is 18.9 Å². The minimum atomic E-state index is -5.94. The van der Waals surface area contributed by atoms with E-state index in [2.05, 4.69) is 51.8 Å². The second kappa shape index (κ2) is 25.9. The molecule has 4 aromatic rings. The molecular formula is C60H72F4N11O12PS. The molecule has 0 aliphatic carbocycles. The van der Waals surface area contributed by atoms with Crippen molar-refractivity contribution < 1.29 is 75.1 Å². The van der Waals surface area contributed by atoms with Crippen LogP contribution in [0.4, 0.5) is 23.2 Å². The highest BCUT2D eigenvalue weighted by Gasteiger charge is 2.51. The van der Waals surface area contributed by atoms with Gasteiger partial charge in [-0.2, -0.15) is 8.78 Å². The first kappa shape index (κ1) is 64.6. The maximum absolute atomic E-state index is 14.8. The Hall–Kier alpha value is -7.36. The van der Waals surface area contributed by atoms with Crippen LogP contribution in [-0.2, 0) is 62.2 Å². The first-order chi connectivity index (χ1) is 42.0. The molecule has 10 rings (SSSR count). The van der Waals surface area contributed by atoms with Gasteiger partial charge in [0, 0.05) is 112 Å². The molecule has 89 heavy (non-hydrogen) atoms. The van der Waals surface area contributed by atoms with Gasteiger partial charge in [0.1, 0.15) is 30.2 Å². The minimum absolute atomic E-state index is 0.0293. The van der Waals surface area contributed by atoms with Gasteiger partial charge in [-0.15, -0.1) is 11.3 Å². The number of benzene rings is 3. The molecule has 23 nitrogen and oxygen atoms in total. The highest BCUT2D eigenvalue weighted by Crippen LogP contribution is 2.59. The number of carbonyl (C=O) groups is 9. The molecule has 5 fully saturated rings. The molecule has 9 amide bonds. The van der Waals surface area contributed by atoms with Gasteiger partial charge in [-0.1, -0.05) is 51.1 Å². The van der Waals surface area contributed by atoms with E-state index < -0.39 is 110 Å². The average molecular weight is 1280 g/mol. The summed E-state index contributed by atoms with van der Waals surface area (Å²) in [4.78, 5) is 152. The topological polar surface area (TPSA) is 305 Å². The Kier molecular flexibility index (Phi) is 18.8. The molecule has 478 valence electrons. The van der Waals surface area contributed by atoms with Crippen molar-refractivity contribution >= 4 is 87.9 Å². The van der Waals surface area contributed by atoms with Gasteiger partial charge in [0.05, 0.1) is 11.4 Å². The number of nitrogens with two attached hydrogens (primary N) is 1. The van der Waals surface area contributed by atoms with E-state index in [9.17, 15) is 75.1 Å². The SMILES string of the molecule is CC(C)(C)c1ccc(CC(NC(=O)C(CCC(N)=O)NC(=O)[C@@H]2CC[C@@H]3CCN(CC(F)F)C[C@H](NC(=O)c4cc5cc(C(F)(F)P(=O)(O)O)ccc5s4)C(=O)N32)C(=O)N2CCN(C3CN(c4ccc5c(c4)CN(C4CCC(=O)NC4=O)C5=O)C3)CC2)cc1. The van der Waals surface area contributed by atoms with Crippen molar-refractivity contribution in [3.8, 4) is 0 Å². The Bertz CT molecular complexity index is 3500. The first-order valence-corrected chi connectivity index (χ1v) is 32.1. The van der Waals surface area contributed by atoms with Gasteiger partial charge < -0.3 is 51.1 Å². The third kappa shape index (κ3) is 14.2. The van der Waals surface area contributed by atoms with E-state index in [0.717, 1.165) is 51.9 Å². The molecule has 7 heterocycles. The number of nitrogens with zero attached hydrogens (tertiary/aromatic N) is 6. The Balaban J connectivity index is 0.812. The lowest BCUT2D eigenvalue weighted by atomic mass is 9.86. The van der Waals surface area contributed by atoms with Crippen molar-refractivity contribution in [3.63, 3.8) is 0 Å². The van der Waals surface area contributed by atoms with E-state index in [-0.39, 0.29) is 109 Å². The molecule has 6 aliphatic rings. The predicted octanol–water partition coefficient (Wildman–Crippen LogP) is 3.13. The zero-order chi connectivity index (χ0) is 64.0. The number of anilines is 1. The quantitative estimate of drug-likeness (QED) is 0.0403. The normalized spacial score (nSPS) is 22.3. The van der Waals surface area contributed by atoms with Gasteiger partial charge in [-0.05, 0) is 96.0 Å². The molecular weight excluding hydrogens is 1210 g/mol. The van der Waals surface area contributed by atoms with Crippen LogP contribution in [0, 0.1) is 0 Å². The molecule has 6 aliphatic heterocycles. The second-order valence-corrected chi connectivity index (χ2v) is 27.6. The molecule has 0 bridgehead atoms. The Labute approximate surface area is 514 Å². The van der Waals surface area contributed by atoms with Gasteiger partial charge in [0.25, 0.3) is 18.2 Å². The lowest BCUT2D eigenvalue weighted by Gasteiger charge is -2.49. The van der Waals surface area contributed by atoms with Crippen LogP contribution in [0.15, 0.2) is 66.7 Å². The number of piperazine rings is 1. The summed E-state index contributed by atoms with van der Waals surface area (Å²) < 4.78 is 69.1. The molecule has 5 saturated heterocycles. The average Bonchev–Trinajstić information content (AvgIpc) is 1.78. The minimum Gasteiger partial charge on any atom is -0.370 e. The zero-order valence-electron chi connectivity index (χ0n) is 49.3.